The molecule has 0 aliphatic heterocycles. The van der Waals surface area contributed by atoms with E-state index in [0.717, 1.165) is 22.9 Å². The summed E-state index contributed by atoms with van der Waals surface area (Å²) in [4.78, 5) is 16.6. The first-order chi connectivity index (χ1) is 10.5. The van der Waals surface area contributed by atoms with Gasteiger partial charge in [0.1, 0.15) is 0 Å². The van der Waals surface area contributed by atoms with Gasteiger partial charge in [0.15, 0.2) is 4.34 Å². The van der Waals surface area contributed by atoms with Crippen LogP contribution in [0.25, 0.3) is 0 Å². The Balaban J connectivity index is 1.75. The minimum absolute atomic E-state index is 0.0819. The lowest BCUT2D eigenvalue weighted by molar-refractivity contribution is -0.120. The van der Waals surface area contributed by atoms with E-state index in [9.17, 15) is 4.79 Å². The van der Waals surface area contributed by atoms with E-state index in [0.29, 0.717) is 0 Å². The maximum absolute atomic E-state index is 12.2. The Hall–Kier alpha value is -1.33. The van der Waals surface area contributed by atoms with Crippen molar-refractivity contribution in [3.05, 3.63) is 47.0 Å². The molecule has 3 nitrogen and oxygen atoms in total. The fourth-order valence-electron chi connectivity index (χ4n) is 2.05. The van der Waals surface area contributed by atoms with Crippen LogP contribution >= 0.6 is 23.1 Å². The molecule has 1 heterocycles. The zero-order valence-corrected chi connectivity index (χ0v) is 14.8. The molecule has 0 bridgehead atoms. The van der Waals surface area contributed by atoms with Crippen molar-refractivity contribution in [3.8, 4) is 0 Å². The van der Waals surface area contributed by atoms with Crippen molar-refractivity contribution in [2.24, 2.45) is 0 Å². The van der Waals surface area contributed by atoms with Gasteiger partial charge in [-0.25, -0.2) is 4.98 Å². The summed E-state index contributed by atoms with van der Waals surface area (Å²) in [6, 6.07) is 10.5. The van der Waals surface area contributed by atoms with Crippen molar-refractivity contribution in [3.63, 3.8) is 0 Å². The number of aromatic nitrogens is 1. The zero-order valence-electron chi connectivity index (χ0n) is 13.2. The Morgan fingerprint density at radius 3 is 2.68 bits per heavy atom. The number of amides is 1. The number of nitrogens with one attached hydrogen (secondary N) is 1. The van der Waals surface area contributed by atoms with Gasteiger partial charge in [0.2, 0.25) is 5.91 Å². The van der Waals surface area contributed by atoms with Crippen LogP contribution in [0.1, 0.15) is 31.5 Å². The van der Waals surface area contributed by atoms with Crippen LogP contribution < -0.4 is 5.32 Å². The number of thioether (sulfide) groups is 1. The molecular formula is C17H22N2OS2. The highest BCUT2D eigenvalue weighted by Gasteiger charge is 2.17. The number of thiazole rings is 1. The largest absolute Gasteiger partial charge is 0.353 e. The van der Waals surface area contributed by atoms with Crippen LogP contribution in [0.5, 0.6) is 0 Å². The second-order valence-corrected chi connectivity index (χ2v) is 7.89. The smallest absolute Gasteiger partial charge is 0.233 e. The highest BCUT2D eigenvalue weighted by Crippen LogP contribution is 2.26. The minimum atomic E-state index is -0.121. The van der Waals surface area contributed by atoms with Gasteiger partial charge in [-0.05, 0) is 39.2 Å². The average Bonchev–Trinajstić information content (AvgIpc) is 2.91. The van der Waals surface area contributed by atoms with Crippen LogP contribution in [-0.2, 0) is 11.2 Å². The normalized spacial score (nSPS) is 13.6. The second kappa shape index (κ2) is 8.34. The molecule has 2 aromatic rings. The summed E-state index contributed by atoms with van der Waals surface area (Å²) in [5, 5.41) is 4.98. The Kier molecular flexibility index (Phi) is 6.46. The SMILES string of the molecule is Cc1csc(S[C@@H](C)C(=O)N[C@@H](C)CCc2ccccc2)n1. The number of hydrogen-bond donors (Lipinski definition) is 1. The molecule has 1 aromatic carbocycles. The summed E-state index contributed by atoms with van der Waals surface area (Å²) >= 11 is 3.12. The molecule has 0 saturated carbocycles. The van der Waals surface area contributed by atoms with Crippen LogP contribution in [0.15, 0.2) is 40.1 Å². The lowest BCUT2D eigenvalue weighted by atomic mass is 10.1. The third-order valence-corrected chi connectivity index (χ3v) is 5.53. The Morgan fingerprint density at radius 1 is 1.32 bits per heavy atom. The maximum Gasteiger partial charge on any atom is 0.233 e. The van der Waals surface area contributed by atoms with Gasteiger partial charge >= 0.3 is 0 Å². The molecule has 0 fully saturated rings. The zero-order chi connectivity index (χ0) is 15.9. The van der Waals surface area contributed by atoms with E-state index < -0.39 is 0 Å². The molecule has 0 unspecified atom stereocenters. The molecule has 1 aromatic heterocycles. The summed E-state index contributed by atoms with van der Waals surface area (Å²) in [6.45, 7) is 5.96. The Labute approximate surface area is 140 Å². The Morgan fingerprint density at radius 2 is 2.05 bits per heavy atom. The van der Waals surface area contributed by atoms with Crippen LogP contribution in [0, 0.1) is 6.92 Å². The molecule has 2 atom stereocenters. The van der Waals surface area contributed by atoms with E-state index in [4.69, 9.17) is 0 Å². The number of rotatable bonds is 7. The third kappa shape index (κ3) is 5.46. The lowest BCUT2D eigenvalue weighted by Crippen LogP contribution is -2.37. The summed E-state index contributed by atoms with van der Waals surface area (Å²) in [5.41, 5.74) is 2.32. The maximum atomic E-state index is 12.2. The van der Waals surface area contributed by atoms with E-state index in [1.165, 1.54) is 17.3 Å². The van der Waals surface area contributed by atoms with Gasteiger partial charge in [0.05, 0.1) is 5.25 Å². The first kappa shape index (κ1) is 17.0. The van der Waals surface area contributed by atoms with Gasteiger partial charge in [0, 0.05) is 17.1 Å². The van der Waals surface area contributed by atoms with Crippen molar-refractivity contribution >= 4 is 29.0 Å². The molecule has 1 amide bonds. The molecule has 118 valence electrons. The second-order valence-electron chi connectivity index (χ2n) is 5.45. The first-order valence-corrected chi connectivity index (χ1v) is 9.23. The van der Waals surface area contributed by atoms with E-state index in [1.54, 1.807) is 11.3 Å². The predicted octanol–water partition coefficient (Wildman–Crippen LogP) is 4.07. The van der Waals surface area contributed by atoms with Crippen molar-refractivity contribution < 1.29 is 4.79 Å². The summed E-state index contributed by atoms with van der Waals surface area (Å²) in [6.07, 6.45) is 1.93. The van der Waals surface area contributed by atoms with Crippen molar-refractivity contribution in [2.45, 2.75) is 49.2 Å². The molecule has 5 heteroatoms. The molecule has 0 aliphatic rings. The fourth-order valence-corrected chi connectivity index (χ4v) is 4.05. The van der Waals surface area contributed by atoms with Crippen LogP contribution in [0.4, 0.5) is 0 Å². The van der Waals surface area contributed by atoms with Crippen molar-refractivity contribution in [1.29, 1.82) is 0 Å². The highest BCUT2D eigenvalue weighted by atomic mass is 32.2. The molecule has 0 radical (unpaired) electrons. The number of carbonyl (C=O) groups is 1. The van der Waals surface area contributed by atoms with Crippen molar-refractivity contribution in [1.82, 2.24) is 10.3 Å². The summed E-state index contributed by atoms with van der Waals surface area (Å²) < 4.78 is 0.956. The average molecular weight is 335 g/mol. The molecule has 2 rings (SSSR count). The summed E-state index contributed by atoms with van der Waals surface area (Å²) in [5.74, 6) is 0.0819. The van der Waals surface area contributed by atoms with Gasteiger partial charge in [-0.3, -0.25) is 4.79 Å². The molecular weight excluding hydrogens is 312 g/mol. The minimum Gasteiger partial charge on any atom is -0.353 e. The van der Waals surface area contributed by atoms with E-state index >= 15 is 0 Å². The number of aryl methyl sites for hydroxylation is 2. The molecule has 0 spiro atoms. The van der Waals surface area contributed by atoms with E-state index in [1.807, 2.05) is 37.4 Å². The molecule has 0 saturated heterocycles. The van der Waals surface area contributed by atoms with Gasteiger partial charge < -0.3 is 5.32 Å². The van der Waals surface area contributed by atoms with Crippen LogP contribution in [0.2, 0.25) is 0 Å². The number of nitrogens with zero attached hydrogens (tertiary/aromatic N) is 1. The van der Waals surface area contributed by atoms with Crippen LogP contribution in [-0.4, -0.2) is 22.2 Å². The quantitative estimate of drug-likeness (QED) is 0.776. The van der Waals surface area contributed by atoms with Crippen LogP contribution in [0.3, 0.4) is 0 Å². The van der Waals surface area contributed by atoms with Crippen molar-refractivity contribution in [2.75, 3.05) is 0 Å². The Bertz CT molecular complexity index is 598. The molecule has 1 N–H and O–H groups in total. The monoisotopic (exact) mass is 334 g/mol. The first-order valence-electron chi connectivity index (χ1n) is 7.47. The number of carbonyl (C=O) groups excluding carboxylic acids is 1. The molecule has 0 aliphatic carbocycles. The topological polar surface area (TPSA) is 42.0 Å². The highest BCUT2D eigenvalue weighted by molar-refractivity contribution is 8.02. The molecule has 22 heavy (non-hydrogen) atoms. The lowest BCUT2D eigenvalue weighted by Gasteiger charge is -2.16. The van der Waals surface area contributed by atoms with E-state index in [-0.39, 0.29) is 17.2 Å². The summed E-state index contributed by atoms with van der Waals surface area (Å²) in [7, 11) is 0. The predicted molar refractivity (Wildman–Crippen MR) is 94.5 cm³/mol. The van der Waals surface area contributed by atoms with Gasteiger partial charge in [0.25, 0.3) is 0 Å². The van der Waals surface area contributed by atoms with Gasteiger partial charge in [-0.15, -0.1) is 11.3 Å². The standard InChI is InChI=1S/C17H22N2OS2/c1-12(9-10-15-7-5-4-6-8-15)18-16(20)14(3)22-17-19-13(2)11-21-17/h4-8,11-12,14H,9-10H2,1-3H3,(H,18,20)/t12-,14-/m0/s1. The number of benzene rings is 1. The van der Waals surface area contributed by atoms with Gasteiger partial charge in [-0.2, -0.15) is 0 Å². The fraction of sp³-hybridized carbons (Fsp3) is 0.412. The van der Waals surface area contributed by atoms with E-state index in [2.05, 4.69) is 29.4 Å². The number of hydrogen-bond acceptors (Lipinski definition) is 4. The third-order valence-electron chi connectivity index (χ3n) is 3.34. The van der Waals surface area contributed by atoms with Gasteiger partial charge in [-0.1, -0.05) is 42.1 Å².